The van der Waals surface area contributed by atoms with E-state index in [9.17, 15) is 0 Å². The van der Waals surface area contributed by atoms with Gasteiger partial charge in [0, 0.05) is 28.6 Å². The number of hydrogen-bond donors (Lipinski definition) is 0. The SMILES string of the molecule is C/C(=N\C(Cl)=N/C1CSC2C=CC=C[C@@H]12)C1C=c2ccccc2=CC1. The molecule has 25 heavy (non-hydrogen) atoms. The molecular weight excluding hydrogens is 348 g/mol. The minimum atomic E-state index is 0.225. The van der Waals surface area contributed by atoms with Crippen molar-refractivity contribution in [3.05, 3.63) is 59.0 Å². The van der Waals surface area contributed by atoms with Crippen LogP contribution in [0.15, 0.2) is 58.6 Å². The lowest BCUT2D eigenvalue weighted by molar-refractivity contribution is 0.585. The number of amidine groups is 1. The molecule has 0 bridgehead atoms. The number of fused-ring (bicyclic) bond motifs is 2. The van der Waals surface area contributed by atoms with E-state index in [1.807, 2.05) is 11.8 Å². The summed E-state index contributed by atoms with van der Waals surface area (Å²) in [7, 11) is 0. The van der Waals surface area contributed by atoms with Gasteiger partial charge in [-0.2, -0.15) is 11.8 Å². The minimum Gasteiger partial charge on any atom is -0.251 e. The number of thioether (sulfide) groups is 1. The average Bonchev–Trinajstić information content (AvgIpc) is 3.04. The van der Waals surface area contributed by atoms with Crippen molar-refractivity contribution in [1.82, 2.24) is 0 Å². The Labute approximate surface area is 157 Å². The van der Waals surface area contributed by atoms with Crippen LogP contribution in [0, 0.1) is 11.8 Å². The van der Waals surface area contributed by atoms with E-state index in [1.165, 1.54) is 10.4 Å². The summed E-state index contributed by atoms with van der Waals surface area (Å²) in [5.41, 5.74) is 1.03. The lowest BCUT2D eigenvalue weighted by atomic mass is 9.93. The summed E-state index contributed by atoms with van der Waals surface area (Å²) in [6.07, 6.45) is 14.3. The fourth-order valence-electron chi connectivity index (χ4n) is 3.63. The molecule has 1 saturated heterocycles. The second-order valence-electron chi connectivity index (χ2n) is 6.71. The second-order valence-corrected chi connectivity index (χ2v) is 8.25. The number of benzene rings is 1. The van der Waals surface area contributed by atoms with E-state index in [2.05, 4.69) is 72.6 Å². The van der Waals surface area contributed by atoms with Gasteiger partial charge in [-0.3, -0.25) is 4.99 Å². The molecule has 0 N–H and O–H groups in total. The number of rotatable bonds is 2. The summed E-state index contributed by atoms with van der Waals surface area (Å²) in [6, 6.07) is 8.69. The highest BCUT2D eigenvalue weighted by Crippen LogP contribution is 2.38. The Morgan fingerprint density at radius 1 is 1.16 bits per heavy atom. The maximum Gasteiger partial charge on any atom is 0.217 e. The Balaban J connectivity index is 1.51. The normalized spacial score (nSPS) is 31.1. The molecule has 1 aromatic carbocycles. The third-order valence-corrected chi connectivity index (χ3v) is 6.65. The van der Waals surface area contributed by atoms with Gasteiger partial charge in [-0.05, 0) is 35.4 Å². The Bertz CT molecular complexity index is 897. The van der Waals surface area contributed by atoms with E-state index in [0.29, 0.717) is 22.4 Å². The molecule has 1 heterocycles. The number of aliphatic imine (C=N–C) groups is 2. The summed E-state index contributed by atoms with van der Waals surface area (Å²) in [6.45, 7) is 2.05. The van der Waals surface area contributed by atoms with Gasteiger partial charge in [0.15, 0.2) is 0 Å². The van der Waals surface area contributed by atoms with E-state index in [-0.39, 0.29) is 6.04 Å². The van der Waals surface area contributed by atoms with Crippen LogP contribution in [0.25, 0.3) is 12.2 Å². The molecule has 0 saturated carbocycles. The molecule has 4 atom stereocenters. The van der Waals surface area contributed by atoms with Gasteiger partial charge in [-0.25, -0.2) is 4.99 Å². The molecule has 128 valence electrons. The van der Waals surface area contributed by atoms with Crippen molar-refractivity contribution in [1.29, 1.82) is 0 Å². The van der Waals surface area contributed by atoms with Gasteiger partial charge in [-0.1, -0.05) is 60.7 Å². The molecule has 1 fully saturated rings. The van der Waals surface area contributed by atoms with Crippen LogP contribution < -0.4 is 10.4 Å². The smallest absolute Gasteiger partial charge is 0.217 e. The van der Waals surface area contributed by atoms with E-state index in [0.717, 1.165) is 17.9 Å². The summed E-state index contributed by atoms with van der Waals surface area (Å²) in [5.74, 6) is 1.74. The molecular formula is C21H21ClN2S. The summed E-state index contributed by atoms with van der Waals surface area (Å²) in [4.78, 5) is 9.31. The van der Waals surface area contributed by atoms with Crippen LogP contribution in [0.2, 0.25) is 0 Å². The van der Waals surface area contributed by atoms with Crippen LogP contribution in [-0.4, -0.2) is 28.1 Å². The number of hydrogen-bond acceptors (Lipinski definition) is 2. The number of allylic oxidation sites excluding steroid dienone is 2. The van der Waals surface area contributed by atoms with Crippen molar-refractivity contribution in [3.63, 3.8) is 0 Å². The van der Waals surface area contributed by atoms with Crippen LogP contribution in [0.4, 0.5) is 0 Å². The number of halogens is 1. The van der Waals surface area contributed by atoms with Crippen LogP contribution in [-0.2, 0) is 0 Å². The first-order valence-corrected chi connectivity index (χ1v) is 10.2. The Kier molecular flexibility index (Phi) is 4.96. The zero-order chi connectivity index (χ0) is 17.2. The van der Waals surface area contributed by atoms with E-state index >= 15 is 0 Å². The van der Waals surface area contributed by atoms with E-state index < -0.39 is 0 Å². The average molecular weight is 369 g/mol. The second kappa shape index (κ2) is 7.35. The third kappa shape index (κ3) is 3.68. The Morgan fingerprint density at radius 2 is 1.96 bits per heavy atom. The summed E-state index contributed by atoms with van der Waals surface area (Å²) in [5, 5.41) is 3.50. The molecule has 3 aliphatic rings. The molecule has 1 aromatic rings. The van der Waals surface area contributed by atoms with Crippen molar-refractivity contribution >= 4 is 46.5 Å². The molecule has 3 unspecified atom stereocenters. The minimum absolute atomic E-state index is 0.225. The Hall–Kier alpha value is -1.58. The van der Waals surface area contributed by atoms with E-state index in [1.54, 1.807) is 0 Å². The van der Waals surface area contributed by atoms with Crippen molar-refractivity contribution in [2.45, 2.75) is 24.6 Å². The highest BCUT2D eigenvalue weighted by atomic mass is 35.5. The maximum atomic E-state index is 6.39. The van der Waals surface area contributed by atoms with Crippen molar-refractivity contribution in [2.75, 3.05) is 5.75 Å². The molecule has 2 nitrogen and oxygen atoms in total. The predicted molar refractivity (Wildman–Crippen MR) is 111 cm³/mol. The molecule has 4 heteroatoms. The lowest BCUT2D eigenvalue weighted by Crippen LogP contribution is -2.30. The van der Waals surface area contributed by atoms with Gasteiger partial charge in [0.25, 0.3) is 0 Å². The molecule has 0 radical (unpaired) electrons. The molecule has 0 aromatic heterocycles. The predicted octanol–water partition coefficient (Wildman–Crippen LogP) is 3.55. The van der Waals surface area contributed by atoms with Crippen LogP contribution >= 0.6 is 23.4 Å². The van der Waals surface area contributed by atoms with Crippen LogP contribution in [0.1, 0.15) is 13.3 Å². The highest BCUT2D eigenvalue weighted by Gasteiger charge is 2.34. The zero-order valence-corrected chi connectivity index (χ0v) is 15.8. The first-order chi connectivity index (χ1) is 12.2. The van der Waals surface area contributed by atoms with Crippen molar-refractivity contribution < 1.29 is 0 Å². The van der Waals surface area contributed by atoms with Crippen LogP contribution in [0.5, 0.6) is 0 Å². The van der Waals surface area contributed by atoms with Crippen LogP contribution in [0.3, 0.4) is 0 Å². The van der Waals surface area contributed by atoms with Gasteiger partial charge in [0.05, 0.1) is 6.04 Å². The van der Waals surface area contributed by atoms with Gasteiger partial charge < -0.3 is 0 Å². The van der Waals surface area contributed by atoms with Crippen molar-refractivity contribution in [3.8, 4) is 0 Å². The standard InChI is InChI=1S/C21H21ClN2S/c1-14(16-11-10-15-6-2-3-7-17(15)12-16)23-21(22)24-19-13-25-20-9-5-4-8-18(19)20/h2-10,12,16,18-20H,11,13H2,1H3/b23-14+,24-21-/t16?,18-,19?,20?/m0/s1. The molecule has 0 spiro atoms. The molecule has 1 aliphatic heterocycles. The van der Waals surface area contributed by atoms with E-state index in [4.69, 9.17) is 16.6 Å². The van der Waals surface area contributed by atoms with Crippen molar-refractivity contribution in [2.24, 2.45) is 21.8 Å². The monoisotopic (exact) mass is 368 g/mol. The van der Waals surface area contributed by atoms with Gasteiger partial charge in [0.2, 0.25) is 5.29 Å². The van der Waals surface area contributed by atoms with Gasteiger partial charge in [0.1, 0.15) is 0 Å². The summed E-state index contributed by atoms with van der Waals surface area (Å²) >= 11 is 8.35. The lowest BCUT2D eigenvalue weighted by Gasteiger charge is -2.18. The van der Waals surface area contributed by atoms with Gasteiger partial charge >= 0.3 is 0 Å². The first kappa shape index (κ1) is 16.9. The molecule has 0 amide bonds. The quantitative estimate of drug-likeness (QED) is 0.445. The fourth-order valence-corrected chi connectivity index (χ4v) is 5.31. The summed E-state index contributed by atoms with van der Waals surface area (Å²) < 4.78 is 0. The highest BCUT2D eigenvalue weighted by molar-refractivity contribution is 8.00. The van der Waals surface area contributed by atoms with Gasteiger partial charge in [-0.15, -0.1) is 0 Å². The molecule has 2 aliphatic carbocycles. The molecule has 4 rings (SSSR count). The fraction of sp³-hybridized carbons (Fsp3) is 0.333. The Morgan fingerprint density at radius 3 is 2.84 bits per heavy atom. The number of nitrogens with zero attached hydrogens (tertiary/aromatic N) is 2. The first-order valence-electron chi connectivity index (χ1n) is 8.73. The zero-order valence-electron chi connectivity index (χ0n) is 14.2. The largest absolute Gasteiger partial charge is 0.251 e. The maximum absolute atomic E-state index is 6.39. The third-order valence-electron chi connectivity index (χ3n) is 5.07. The topological polar surface area (TPSA) is 24.7 Å².